The van der Waals surface area contributed by atoms with Crippen molar-refractivity contribution in [2.45, 2.75) is 25.3 Å². The van der Waals surface area contributed by atoms with Crippen LogP contribution in [0.4, 0.5) is 5.69 Å². The van der Waals surface area contributed by atoms with E-state index < -0.39 is 0 Å². The molecule has 0 atom stereocenters. The van der Waals surface area contributed by atoms with Crippen LogP contribution < -0.4 is 10.6 Å². The Morgan fingerprint density at radius 3 is 2.56 bits per heavy atom. The first kappa shape index (κ1) is 17.6. The van der Waals surface area contributed by atoms with Gasteiger partial charge in [-0.1, -0.05) is 54.1 Å². The molecule has 0 bridgehead atoms. The van der Waals surface area contributed by atoms with Gasteiger partial charge in [-0.25, -0.2) is 0 Å². The van der Waals surface area contributed by atoms with Crippen LogP contribution in [0.3, 0.4) is 0 Å². The number of anilines is 1. The zero-order chi connectivity index (χ0) is 18.8. The van der Waals surface area contributed by atoms with Crippen LogP contribution in [0.5, 0.6) is 0 Å². The molecular weight excluding hydrogens is 360 g/mol. The molecule has 0 spiro atoms. The van der Waals surface area contributed by atoms with Gasteiger partial charge in [-0.3, -0.25) is 9.59 Å². The number of carbonyl (C=O) groups is 2. The number of fused-ring (bicyclic) bond motifs is 1. The minimum Gasteiger partial charge on any atom is -0.349 e. The Labute approximate surface area is 162 Å². The summed E-state index contributed by atoms with van der Waals surface area (Å²) in [7, 11) is 0. The summed E-state index contributed by atoms with van der Waals surface area (Å²) in [6.45, 7) is 0. The molecular formula is C22H19ClN2O2. The third kappa shape index (κ3) is 4.12. The molecule has 4 rings (SSSR count). The van der Waals surface area contributed by atoms with E-state index in [4.69, 9.17) is 11.6 Å². The second-order valence-electron chi connectivity index (χ2n) is 6.81. The number of halogens is 1. The Kier molecular flexibility index (Phi) is 4.82. The lowest BCUT2D eigenvalue weighted by molar-refractivity contribution is -0.115. The zero-order valence-corrected chi connectivity index (χ0v) is 15.4. The normalized spacial score (nSPS) is 13.4. The Morgan fingerprint density at radius 2 is 1.78 bits per heavy atom. The first-order valence-corrected chi connectivity index (χ1v) is 9.35. The van der Waals surface area contributed by atoms with Gasteiger partial charge in [0.15, 0.2) is 0 Å². The third-order valence-electron chi connectivity index (χ3n) is 4.64. The Hall–Kier alpha value is -2.85. The zero-order valence-electron chi connectivity index (χ0n) is 14.7. The van der Waals surface area contributed by atoms with Gasteiger partial charge in [0.2, 0.25) is 5.91 Å². The maximum atomic E-state index is 12.5. The van der Waals surface area contributed by atoms with Crippen LogP contribution in [0.2, 0.25) is 5.02 Å². The number of hydrogen-bond acceptors (Lipinski definition) is 2. The van der Waals surface area contributed by atoms with E-state index in [0.29, 0.717) is 16.3 Å². The quantitative estimate of drug-likeness (QED) is 0.683. The van der Waals surface area contributed by atoms with Gasteiger partial charge in [0.25, 0.3) is 5.91 Å². The highest BCUT2D eigenvalue weighted by Gasteiger charge is 2.24. The van der Waals surface area contributed by atoms with Crippen molar-refractivity contribution < 1.29 is 9.59 Å². The van der Waals surface area contributed by atoms with Gasteiger partial charge < -0.3 is 10.6 Å². The van der Waals surface area contributed by atoms with Crippen molar-refractivity contribution in [1.82, 2.24) is 5.32 Å². The molecule has 0 heterocycles. The van der Waals surface area contributed by atoms with E-state index in [2.05, 4.69) is 10.6 Å². The van der Waals surface area contributed by atoms with Crippen molar-refractivity contribution in [2.24, 2.45) is 0 Å². The lowest BCUT2D eigenvalue weighted by Crippen LogP contribution is -2.25. The van der Waals surface area contributed by atoms with Crippen LogP contribution in [0.25, 0.3) is 10.8 Å². The highest BCUT2D eigenvalue weighted by Crippen LogP contribution is 2.24. The molecule has 1 fully saturated rings. The summed E-state index contributed by atoms with van der Waals surface area (Å²) in [6.07, 6.45) is 2.31. The molecule has 1 saturated carbocycles. The highest BCUT2D eigenvalue weighted by molar-refractivity contribution is 6.34. The summed E-state index contributed by atoms with van der Waals surface area (Å²) < 4.78 is 0. The number of benzene rings is 3. The number of rotatable bonds is 5. The maximum absolute atomic E-state index is 12.5. The van der Waals surface area contributed by atoms with Gasteiger partial charge in [-0.05, 0) is 47.4 Å². The molecule has 1 aliphatic rings. The molecule has 136 valence electrons. The Morgan fingerprint density at radius 1 is 1.00 bits per heavy atom. The second-order valence-corrected chi connectivity index (χ2v) is 7.21. The fourth-order valence-electron chi connectivity index (χ4n) is 3.09. The molecule has 3 aromatic rings. The summed E-state index contributed by atoms with van der Waals surface area (Å²) in [4.78, 5) is 24.6. The molecule has 0 unspecified atom stereocenters. The lowest BCUT2D eigenvalue weighted by atomic mass is 10.0. The van der Waals surface area contributed by atoms with E-state index >= 15 is 0 Å². The summed E-state index contributed by atoms with van der Waals surface area (Å²) in [6, 6.07) is 19.2. The summed E-state index contributed by atoms with van der Waals surface area (Å²) in [5.74, 6) is -0.297. The number of hydrogen-bond donors (Lipinski definition) is 2. The average molecular weight is 379 g/mol. The van der Waals surface area contributed by atoms with Crippen LogP contribution >= 0.6 is 11.6 Å². The van der Waals surface area contributed by atoms with E-state index in [1.54, 1.807) is 18.2 Å². The number of nitrogens with one attached hydrogen (secondary N) is 2. The van der Waals surface area contributed by atoms with Crippen molar-refractivity contribution in [3.63, 3.8) is 0 Å². The van der Waals surface area contributed by atoms with E-state index in [0.717, 1.165) is 29.2 Å². The van der Waals surface area contributed by atoms with Crippen LogP contribution in [0.1, 0.15) is 28.8 Å². The minimum absolute atomic E-state index is 0.127. The lowest BCUT2D eigenvalue weighted by Gasteiger charge is -2.10. The fourth-order valence-corrected chi connectivity index (χ4v) is 3.36. The van der Waals surface area contributed by atoms with Gasteiger partial charge in [0, 0.05) is 11.7 Å². The van der Waals surface area contributed by atoms with Crippen molar-refractivity contribution in [1.29, 1.82) is 0 Å². The van der Waals surface area contributed by atoms with Crippen molar-refractivity contribution >= 4 is 39.9 Å². The van der Waals surface area contributed by atoms with Gasteiger partial charge >= 0.3 is 0 Å². The Bertz CT molecular complexity index is 1020. The highest BCUT2D eigenvalue weighted by atomic mass is 35.5. The minimum atomic E-state index is -0.170. The number of carbonyl (C=O) groups excluding carboxylic acids is 2. The smallest absolute Gasteiger partial charge is 0.253 e. The van der Waals surface area contributed by atoms with Crippen LogP contribution in [0.15, 0.2) is 60.7 Å². The van der Waals surface area contributed by atoms with E-state index in [-0.39, 0.29) is 24.3 Å². The van der Waals surface area contributed by atoms with E-state index in [1.165, 1.54) is 0 Å². The van der Waals surface area contributed by atoms with Gasteiger partial charge in [0.05, 0.1) is 17.0 Å². The predicted molar refractivity (Wildman–Crippen MR) is 108 cm³/mol. The second kappa shape index (κ2) is 7.41. The molecule has 4 nitrogen and oxygen atoms in total. The monoisotopic (exact) mass is 378 g/mol. The van der Waals surface area contributed by atoms with Crippen LogP contribution in [-0.4, -0.2) is 17.9 Å². The molecule has 0 aliphatic heterocycles. The van der Waals surface area contributed by atoms with Gasteiger partial charge in [0.1, 0.15) is 0 Å². The van der Waals surface area contributed by atoms with Crippen LogP contribution in [-0.2, 0) is 11.2 Å². The fraction of sp³-hybridized carbons (Fsp3) is 0.182. The molecule has 3 aromatic carbocycles. The average Bonchev–Trinajstić information content (AvgIpc) is 3.46. The molecule has 0 saturated heterocycles. The molecule has 2 amide bonds. The molecule has 0 aromatic heterocycles. The Balaban J connectivity index is 1.46. The summed E-state index contributed by atoms with van der Waals surface area (Å²) >= 11 is 6.24. The standard InChI is InChI=1S/C22H19ClN2O2/c23-20-13-17(10-11-19(20)22(27)25-16-8-9-16)24-21(26)12-15-6-3-5-14-4-1-2-7-18(14)15/h1-7,10-11,13,16H,8-9,12H2,(H,24,26)(H,25,27). The van der Waals surface area contributed by atoms with Crippen molar-refractivity contribution in [3.8, 4) is 0 Å². The maximum Gasteiger partial charge on any atom is 0.253 e. The van der Waals surface area contributed by atoms with E-state index in [9.17, 15) is 9.59 Å². The van der Waals surface area contributed by atoms with Crippen molar-refractivity contribution in [2.75, 3.05) is 5.32 Å². The molecule has 27 heavy (non-hydrogen) atoms. The first-order valence-electron chi connectivity index (χ1n) is 8.97. The third-order valence-corrected chi connectivity index (χ3v) is 4.95. The molecule has 2 N–H and O–H groups in total. The SMILES string of the molecule is O=C(Cc1cccc2ccccc12)Nc1ccc(C(=O)NC2CC2)c(Cl)c1. The van der Waals surface area contributed by atoms with Gasteiger partial charge in [-0.2, -0.15) is 0 Å². The molecule has 1 aliphatic carbocycles. The van der Waals surface area contributed by atoms with Crippen molar-refractivity contribution in [3.05, 3.63) is 76.8 Å². The van der Waals surface area contributed by atoms with Gasteiger partial charge in [-0.15, -0.1) is 0 Å². The van der Waals surface area contributed by atoms with Crippen LogP contribution in [0, 0.1) is 0 Å². The summed E-state index contributed by atoms with van der Waals surface area (Å²) in [5.41, 5.74) is 1.97. The largest absolute Gasteiger partial charge is 0.349 e. The summed E-state index contributed by atoms with van der Waals surface area (Å²) in [5, 5.41) is 8.28. The predicted octanol–water partition coefficient (Wildman–Crippen LogP) is 4.57. The molecule has 5 heteroatoms. The molecule has 0 radical (unpaired) electrons. The van der Waals surface area contributed by atoms with E-state index in [1.807, 2.05) is 42.5 Å². The topological polar surface area (TPSA) is 58.2 Å². The first-order chi connectivity index (χ1) is 13.1. The number of amides is 2.